The lowest BCUT2D eigenvalue weighted by Gasteiger charge is -2.39. The highest BCUT2D eigenvalue weighted by molar-refractivity contribution is 7.92. The number of benzene rings is 5. The van der Waals surface area contributed by atoms with E-state index >= 15 is 0 Å². The number of ether oxygens (including phenoxy) is 4. The van der Waals surface area contributed by atoms with Crippen molar-refractivity contribution in [2.24, 2.45) is 5.92 Å². The zero-order valence-electron chi connectivity index (χ0n) is 26.9. The van der Waals surface area contributed by atoms with E-state index in [9.17, 15) is 17.6 Å². The number of likely N-dealkylation sites (tertiary alicyclic amines) is 1. The molecule has 0 bridgehead atoms. The van der Waals surface area contributed by atoms with E-state index in [4.69, 9.17) is 42.1 Å². The molecule has 2 aliphatic heterocycles. The van der Waals surface area contributed by atoms with Gasteiger partial charge in [-0.25, -0.2) is 12.8 Å². The van der Waals surface area contributed by atoms with Crippen LogP contribution in [0.15, 0.2) is 114 Å². The highest BCUT2D eigenvalue weighted by Gasteiger charge is 2.35. The standard InChI is InChI=1S/C38H31Cl2FN2O7S/c39-26-7-15-34(42-51(45,46)30-13-10-28(11-14-30)50-35-4-2-1-3-33(35)40)32(19-26)38(44)43-18-17-31(24-5-8-27(41)9-6-24)25(21-43)22-47-29-12-16-36-37(20-29)49-23-48-36/h1-16,19-20,25,31,42H,17-18,21-23H2/t25-,31-/m0/s1. The van der Waals surface area contributed by atoms with Crippen molar-refractivity contribution in [3.05, 3.63) is 136 Å². The molecule has 0 spiro atoms. The van der Waals surface area contributed by atoms with E-state index in [2.05, 4.69) is 4.72 Å². The van der Waals surface area contributed by atoms with Crippen molar-refractivity contribution in [3.8, 4) is 28.7 Å². The summed E-state index contributed by atoms with van der Waals surface area (Å²) in [7, 11) is -4.13. The zero-order chi connectivity index (χ0) is 35.5. The molecule has 1 amide bonds. The maximum atomic E-state index is 14.2. The molecule has 1 fully saturated rings. The van der Waals surface area contributed by atoms with Gasteiger partial charge >= 0.3 is 0 Å². The molecular formula is C38H31Cl2FN2O7S. The quantitative estimate of drug-likeness (QED) is 0.152. The molecule has 0 saturated carbocycles. The van der Waals surface area contributed by atoms with Gasteiger partial charge in [0.25, 0.3) is 15.9 Å². The first-order valence-corrected chi connectivity index (χ1v) is 18.3. The molecule has 13 heteroatoms. The summed E-state index contributed by atoms with van der Waals surface area (Å²) in [5, 5.41) is 0.685. The number of piperidine rings is 1. The van der Waals surface area contributed by atoms with E-state index in [1.165, 1.54) is 54.6 Å². The number of carbonyl (C=O) groups excluding carboxylic acids is 1. The van der Waals surface area contributed by atoms with E-state index in [1.807, 2.05) is 0 Å². The number of nitrogens with zero attached hydrogens (tertiary/aromatic N) is 1. The number of rotatable bonds is 10. The Labute approximate surface area is 304 Å². The van der Waals surface area contributed by atoms with Gasteiger partial charge in [0.15, 0.2) is 11.5 Å². The minimum atomic E-state index is -4.13. The number of sulfonamides is 1. The highest BCUT2D eigenvalue weighted by Crippen LogP contribution is 2.38. The Bertz CT molecular complexity index is 2170. The molecule has 0 radical (unpaired) electrons. The Kier molecular flexibility index (Phi) is 9.95. The summed E-state index contributed by atoms with van der Waals surface area (Å²) in [5.41, 5.74) is 1.11. The number of hydrogen-bond acceptors (Lipinski definition) is 7. The van der Waals surface area contributed by atoms with Crippen LogP contribution in [0, 0.1) is 11.7 Å². The fraction of sp³-hybridized carbons (Fsp3) is 0.184. The highest BCUT2D eigenvalue weighted by atomic mass is 35.5. The Balaban J connectivity index is 1.09. The molecular weight excluding hydrogens is 718 g/mol. The topological polar surface area (TPSA) is 103 Å². The minimum Gasteiger partial charge on any atom is -0.493 e. The lowest BCUT2D eigenvalue weighted by atomic mass is 9.80. The number of amides is 1. The van der Waals surface area contributed by atoms with Crippen molar-refractivity contribution in [1.29, 1.82) is 0 Å². The van der Waals surface area contributed by atoms with Crippen LogP contribution in [-0.4, -0.2) is 45.7 Å². The summed E-state index contributed by atoms with van der Waals surface area (Å²) in [6, 6.07) is 28.9. The third-order valence-electron chi connectivity index (χ3n) is 8.78. The zero-order valence-corrected chi connectivity index (χ0v) is 29.3. The van der Waals surface area contributed by atoms with E-state index in [0.29, 0.717) is 46.7 Å². The maximum Gasteiger partial charge on any atom is 0.261 e. The van der Waals surface area contributed by atoms with Crippen molar-refractivity contribution in [2.45, 2.75) is 17.2 Å². The summed E-state index contributed by atoms with van der Waals surface area (Å²) in [5.74, 6) is 1.66. The van der Waals surface area contributed by atoms with Crippen molar-refractivity contribution < 1.29 is 36.6 Å². The lowest BCUT2D eigenvalue weighted by molar-refractivity contribution is 0.0596. The number of nitrogens with one attached hydrogen (secondary N) is 1. The Hall–Kier alpha value is -4.97. The Morgan fingerprint density at radius 3 is 2.41 bits per heavy atom. The summed E-state index contributed by atoms with van der Waals surface area (Å²) in [6.07, 6.45) is 0.566. The summed E-state index contributed by atoms with van der Waals surface area (Å²) in [4.78, 5) is 15.8. The first-order valence-electron chi connectivity index (χ1n) is 16.0. The number of hydrogen-bond donors (Lipinski definition) is 1. The first kappa shape index (κ1) is 34.5. The van der Waals surface area contributed by atoms with Crippen LogP contribution in [0.1, 0.15) is 28.3 Å². The van der Waals surface area contributed by atoms with Crippen LogP contribution in [0.3, 0.4) is 0 Å². The average Bonchev–Trinajstić information content (AvgIpc) is 3.61. The van der Waals surface area contributed by atoms with Crippen molar-refractivity contribution in [3.63, 3.8) is 0 Å². The second kappa shape index (κ2) is 14.7. The molecule has 5 aromatic carbocycles. The van der Waals surface area contributed by atoms with Crippen LogP contribution in [0.2, 0.25) is 10.0 Å². The summed E-state index contributed by atoms with van der Waals surface area (Å²) in [6.45, 7) is 1.04. The van der Waals surface area contributed by atoms with E-state index < -0.39 is 15.9 Å². The molecule has 262 valence electrons. The summed E-state index contributed by atoms with van der Waals surface area (Å²) >= 11 is 12.5. The molecule has 2 heterocycles. The van der Waals surface area contributed by atoms with Crippen molar-refractivity contribution >= 4 is 44.8 Å². The van der Waals surface area contributed by atoms with Gasteiger partial charge in [0.1, 0.15) is 23.1 Å². The van der Waals surface area contributed by atoms with Crippen LogP contribution in [-0.2, 0) is 10.0 Å². The number of halogens is 3. The largest absolute Gasteiger partial charge is 0.493 e. The van der Waals surface area contributed by atoms with Gasteiger partial charge in [0.2, 0.25) is 6.79 Å². The number of anilines is 1. The van der Waals surface area contributed by atoms with Gasteiger partial charge in [-0.3, -0.25) is 9.52 Å². The van der Waals surface area contributed by atoms with Gasteiger partial charge in [0, 0.05) is 30.1 Å². The molecule has 5 aromatic rings. The van der Waals surface area contributed by atoms with Gasteiger partial charge in [0.05, 0.1) is 27.8 Å². The molecule has 0 aromatic heterocycles. The molecule has 1 N–H and O–H groups in total. The van der Waals surface area contributed by atoms with Crippen LogP contribution < -0.4 is 23.7 Å². The Morgan fingerprint density at radius 1 is 0.882 bits per heavy atom. The Morgan fingerprint density at radius 2 is 1.63 bits per heavy atom. The lowest BCUT2D eigenvalue weighted by Crippen LogP contribution is -2.45. The van der Waals surface area contributed by atoms with Crippen LogP contribution in [0.5, 0.6) is 28.7 Å². The fourth-order valence-electron chi connectivity index (χ4n) is 6.20. The van der Waals surface area contributed by atoms with Crippen molar-refractivity contribution in [2.75, 3.05) is 31.2 Å². The normalized spacial score (nSPS) is 16.8. The monoisotopic (exact) mass is 748 g/mol. The number of carbonyl (C=O) groups is 1. The fourth-order valence-corrected chi connectivity index (χ4v) is 7.63. The molecule has 2 aliphatic rings. The molecule has 0 aliphatic carbocycles. The number of para-hydroxylation sites is 1. The van der Waals surface area contributed by atoms with E-state index in [0.717, 1.165) is 5.56 Å². The van der Waals surface area contributed by atoms with Gasteiger partial charge in [-0.1, -0.05) is 47.5 Å². The molecule has 51 heavy (non-hydrogen) atoms. The molecule has 7 rings (SSSR count). The smallest absolute Gasteiger partial charge is 0.261 e. The SMILES string of the molecule is O=C(c1cc(Cl)ccc1NS(=O)(=O)c1ccc(Oc2ccccc2Cl)cc1)N1CC[C@@H](c2ccc(F)cc2)[C@H](COc2ccc3c(c2)OCO3)C1. The van der Waals surface area contributed by atoms with Gasteiger partial charge in [-0.15, -0.1) is 0 Å². The van der Waals surface area contributed by atoms with Gasteiger partial charge in [-0.2, -0.15) is 0 Å². The molecule has 0 unspecified atom stereocenters. The third-order valence-corrected chi connectivity index (χ3v) is 10.7. The molecule has 2 atom stereocenters. The van der Waals surface area contributed by atoms with Crippen LogP contribution >= 0.6 is 23.2 Å². The predicted molar refractivity (Wildman–Crippen MR) is 191 cm³/mol. The second-order valence-corrected chi connectivity index (χ2v) is 14.6. The van der Waals surface area contributed by atoms with Crippen LogP contribution in [0.4, 0.5) is 10.1 Å². The average molecular weight is 750 g/mol. The first-order chi connectivity index (χ1) is 24.6. The number of fused-ring (bicyclic) bond motifs is 1. The second-order valence-electron chi connectivity index (χ2n) is 12.1. The van der Waals surface area contributed by atoms with E-state index in [1.54, 1.807) is 59.5 Å². The molecule has 9 nitrogen and oxygen atoms in total. The maximum absolute atomic E-state index is 14.2. The van der Waals surface area contributed by atoms with E-state index in [-0.39, 0.29) is 58.8 Å². The third kappa shape index (κ3) is 7.85. The van der Waals surface area contributed by atoms with Gasteiger partial charge < -0.3 is 23.8 Å². The molecule has 1 saturated heterocycles. The van der Waals surface area contributed by atoms with Crippen LogP contribution in [0.25, 0.3) is 0 Å². The van der Waals surface area contributed by atoms with Gasteiger partial charge in [-0.05, 0) is 96.8 Å². The summed E-state index contributed by atoms with van der Waals surface area (Å²) < 4.78 is 66.3. The predicted octanol–water partition coefficient (Wildman–Crippen LogP) is 8.78. The van der Waals surface area contributed by atoms with Crippen molar-refractivity contribution in [1.82, 2.24) is 4.90 Å². The minimum absolute atomic E-state index is 0.0362.